The van der Waals surface area contributed by atoms with E-state index in [1.165, 1.54) is 0 Å². The zero-order valence-electron chi connectivity index (χ0n) is 8.38. The highest BCUT2D eigenvalue weighted by molar-refractivity contribution is 6.31. The molecule has 0 fully saturated rings. The third kappa shape index (κ3) is 2.41. The average molecular weight is 230 g/mol. The van der Waals surface area contributed by atoms with Crippen molar-refractivity contribution in [1.82, 2.24) is 5.48 Å². The Kier molecular flexibility index (Phi) is 3.43. The lowest BCUT2D eigenvalue weighted by atomic mass is 10.1. The van der Waals surface area contributed by atoms with Crippen molar-refractivity contribution in [3.8, 4) is 5.75 Å². The third-order valence-corrected chi connectivity index (χ3v) is 2.54. The normalized spacial score (nSPS) is 14.5. The van der Waals surface area contributed by atoms with Gasteiger partial charge in [-0.05, 0) is 17.7 Å². The van der Waals surface area contributed by atoms with Crippen LogP contribution in [0, 0.1) is 0 Å². The zero-order valence-corrected chi connectivity index (χ0v) is 9.13. The van der Waals surface area contributed by atoms with Crippen molar-refractivity contribution in [3.63, 3.8) is 0 Å². The summed E-state index contributed by atoms with van der Waals surface area (Å²) in [5, 5.41) is 0.687. The number of nitrogens with one attached hydrogen (secondary N) is 1. The summed E-state index contributed by atoms with van der Waals surface area (Å²) in [7, 11) is 1.57. The third-order valence-electron chi connectivity index (χ3n) is 2.19. The predicted octanol–water partition coefficient (Wildman–Crippen LogP) is 1.86. The summed E-state index contributed by atoms with van der Waals surface area (Å²) in [6.07, 6.45) is 0. The van der Waals surface area contributed by atoms with Crippen LogP contribution in [0.3, 0.4) is 0 Å². The van der Waals surface area contributed by atoms with Crippen LogP contribution in [0.25, 0.3) is 0 Å². The van der Waals surface area contributed by atoms with Gasteiger partial charge in [0.1, 0.15) is 5.75 Å². The largest absolute Gasteiger partial charge is 0.467 e. The first kappa shape index (κ1) is 10.7. The van der Waals surface area contributed by atoms with Crippen LogP contribution >= 0.6 is 11.6 Å². The van der Waals surface area contributed by atoms with Crippen molar-refractivity contribution in [2.75, 3.05) is 13.9 Å². The summed E-state index contributed by atoms with van der Waals surface area (Å²) in [6.45, 7) is 1.39. The van der Waals surface area contributed by atoms with Gasteiger partial charge >= 0.3 is 0 Å². The van der Waals surface area contributed by atoms with E-state index in [4.69, 9.17) is 25.9 Å². The lowest BCUT2D eigenvalue weighted by Crippen LogP contribution is -2.14. The average Bonchev–Trinajstić information content (AvgIpc) is 2.26. The smallest absolute Gasteiger partial charge is 0.189 e. The second-order valence-corrected chi connectivity index (χ2v) is 3.59. The van der Waals surface area contributed by atoms with Gasteiger partial charge in [-0.3, -0.25) is 0 Å². The van der Waals surface area contributed by atoms with E-state index in [0.29, 0.717) is 25.0 Å². The fourth-order valence-electron chi connectivity index (χ4n) is 1.43. The van der Waals surface area contributed by atoms with Gasteiger partial charge in [0.15, 0.2) is 6.79 Å². The van der Waals surface area contributed by atoms with Crippen molar-refractivity contribution in [3.05, 3.63) is 28.3 Å². The summed E-state index contributed by atoms with van der Waals surface area (Å²) in [5.41, 5.74) is 4.66. The van der Waals surface area contributed by atoms with Crippen LogP contribution in [0.4, 0.5) is 0 Å². The Balaban J connectivity index is 2.24. The standard InChI is InChI=1S/C10H12ClNO3/c1-13-12-4-7-3-10-8(2-9(7)11)5-14-6-15-10/h2-3,12H,4-6H2,1H3. The van der Waals surface area contributed by atoms with Gasteiger partial charge in [-0.15, -0.1) is 0 Å². The highest BCUT2D eigenvalue weighted by Gasteiger charge is 2.13. The molecule has 0 spiro atoms. The van der Waals surface area contributed by atoms with Gasteiger partial charge in [0.2, 0.25) is 0 Å². The molecule has 0 saturated heterocycles. The van der Waals surface area contributed by atoms with Gasteiger partial charge < -0.3 is 14.3 Å². The van der Waals surface area contributed by atoms with E-state index >= 15 is 0 Å². The molecule has 1 aliphatic rings. The Morgan fingerprint density at radius 3 is 3.20 bits per heavy atom. The van der Waals surface area contributed by atoms with Crippen LogP contribution in [-0.4, -0.2) is 13.9 Å². The molecule has 4 nitrogen and oxygen atoms in total. The molecule has 0 aromatic heterocycles. The molecular formula is C10H12ClNO3. The van der Waals surface area contributed by atoms with Crippen LogP contribution in [0.1, 0.15) is 11.1 Å². The molecule has 0 amide bonds. The SMILES string of the molecule is CONCc1cc2c(cc1Cl)COCO2. The van der Waals surface area contributed by atoms with E-state index in [9.17, 15) is 0 Å². The Bertz CT molecular complexity index is 357. The van der Waals surface area contributed by atoms with E-state index in [-0.39, 0.29) is 0 Å². The summed E-state index contributed by atoms with van der Waals surface area (Å²) in [4.78, 5) is 4.77. The van der Waals surface area contributed by atoms with Gasteiger partial charge in [0.05, 0.1) is 13.7 Å². The highest BCUT2D eigenvalue weighted by Crippen LogP contribution is 2.30. The Labute approximate surface area is 93.0 Å². The van der Waals surface area contributed by atoms with Crippen LogP contribution in [-0.2, 0) is 22.7 Å². The quantitative estimate of drug-likeness (QED) is 0.804. The van der Waals surface area contributed by atoms with Gasteiger partial charge in [-0.2, -0.15) is 5.48 Å². The van der Waals surface area contributed by atoms with Gasteiger partial charge in [0.25, 0.3) is 0 Å². The van der Waals surface area contributed by atoms with Gasteiger partial charge in [-0.1, -0.05) is 11.6 Å². The minimum absolute atomic E-state index is 0.297. The summed E-state index contributed by atoms with van der Waals surface area (Å²) in [6, 6.07) is 3.77. The Morgan fingerprint density at radius 1 is 1.53 bits per heavy atom. The van der Waals surface area contributed by atoms with Crippen molar-refractivity contribution in [2.24, 2.45) is 0 Å². The van der Waals surface area contributed by atoms with Gasteiger partial charge in [0, 0.05) is 17.1 Å². The number of rotatable bonds is 3. The molecule has 0 bridgehead atoms. The molecule has 0 unspecified atom stereocenters. The lowest BCUT2D eigenvalue weighted by molar-refractivity contribution is -0.0164. The molecular weight excluding hydrogens is 218 g/mol. The molecule has 0 saturated carbocycles. The van der Waals surface area contributed by atoms with E-state index in [1.54, 1.807) is 7.11 Å². The summed E-state index contributed by atoms with van der Waals surface area (Å²) >= 11 is 6.09. The topological polar surface area (TPSA) is 39.7 Å². The molecule has 1 aliphatic heterocycles. The van der Waals surface area contributed by atoms with Crippen molar-refractivity contribution < 1.29 is 14.3 Å². The van der Waals surface area contributed by atoms with Crippen molar-refractivity contribution in [2.45, 2.75) is 13.2 Å². The molecule has 15 heavy (non-hydrogen) atoms. The molecule has 2 rings (SSSR count). The van der Waals surface area contributed by atoms with Crippen molar-refractivity contribution in [1.29, 1.82) is 0 Å². The molecule has 82 valence electrons. The molecule has 0 aliphatic carbocycles. The fraction of sp³-hybridized carbons (Fsp3) is 0.400. The maximum atomic E-state index is 6.09. The number of hydrogen-bond acceptors (Lipinski definition) is 4. The van der Waals surface area contributed by atoms with E-state index in [1.807, 2.05) is 12.1 Å². The Morgan fingerprint density at radius 2 is 2.40 bits per heavy atom. The number of ether oxygens (including phenoxy) is 2. The molecule has 1 aromatic carbocycles. The van der Waals surface area contributed by atoms with E-state index in [0.717, 1.165) is 16.9 Å². The first-order chi connectivity index (χ1) is 7.31. The number of fused-ring (bicyclic) bond motifs is 1. The second kappa shape index (κ2) is 4.81. The molecule has 1 heterocycles. The van der Waals surface area contributed by atoms with E-state index in [2.05, 4.69) is 5.48 Å². The minimum atomic E-state index is 0.297. The van der Waals surface area contributed by atoms with Crippen LogP contribution in [0.5, 0.6) is 5.75 Å². The first-order valence-electron chi connectivity index (χ1n) is 4.59. The molecule has 0 radical (unpaired) electrons. The number of hydrogen-bond donors (Lipinski definition) is 1. The van der Waals surface area contributed by atoms with Gasteiger partial charge in [-0.25, -0.2) is 0 Å². The fourth-order valence-corrected chi connectivity index (χ4v) is 1.68. The van der Waals surface area contributed by atoms with E-state index < -0.39 is 0 Å². The van der Waals surface area contributed by atoms with Crippen molar-refractivity contribution >= 4 is 11.6 Å². The monoisotopic (exact) mass is 229 g/mol. The molecule has 1 N–H and O–H groups in total. The number of benzene rings is 1. The maximum Gasteiger partial charge on any atom is 0.189 e. The highest BCUT2D eigenvalue weighted by atomic mass is 35.5. The first-order valence-corrected chi connectivity index (χ1v) is 4.96. The number of hydroxylamine groups is 1. The molecule has 0 atom stereocenters. The summed E-state index contributed by atoms with van der Waals surface area (Å²) in [5.74, 6) is 0.832. The molecule has 1 aromatic rings. The Hall–Kier alpha value is -0.810. The minimum Gasteiger partial charge on any atom is -0.467 e. The second-order valence-electron chi connectivity index (χ2n) is 3.19. The van der Waals surface area contributed by atoms with Crippen LogP contribution < -0.4 is 10.2 Å². The predicted molar refractivity (Wildman–Crippen MR) is 55.6 cm³/mol. The molecule has 5 heteroatoms. The summed E-state index contributed by atoms with van der Waals surface area (Å²) < 4.78 is 10.5. The lowest BCUT2D eigenvalue weighted by Gasteiger charge is -2.19. The van der Waals surface area contributed by atoms with Crippen LogP contribution in [0.15, 0.2) is 12.1 Å². The van der Waals surface area contributed by atoms with Crippen LogP contribution in [0.2, 0.25) is 5.02 Å². The maximum absolute atomic E-state index is 6.09. The number of halogens is 1. The zero-order chi connectivity index (χ0) is 10.7.